The van der Waals surface area contributed by atoms with Crippen LogP contribution in [0, 0.1) is 24.2 Å². The largest absolute Gasteiger partial charge is 0.490 e. The van der Waals surface area contributed by atoms with E-state index in [0.717, 1.165) is 75.7 Å². The molecule has 0 bridgehead atoms. The number of benzene rings is 2. The second-order valence-electron chi connectivity index (χ2n) is 13.7. The van der Waals surface area contributed by atoms with Crippen LogP contribution in [0.4, 0.5) is 26.3 Å². The Morgan fingerprint density at radius 1 is 0.963 bits per heavy atom. The Bertz CT molecular complexity index is 1730. The van der Waals surface area contributed by atoms with Crippen molar-refractivity contribution < 1.29 is 50.4 Å². The molecular formula is C37H44F6N6O5. The van der Waals surface area contributed by atoms with Gasteiger partial charge >= 0.3 is 18.3 Å². The van der Waals surface area contributed by atoms with Crippen molar-refractivity contribution in [3.05, 3.63) is 71.1 Å². The van der Waals surface area contributed by atoms with Gasteiger partial charge in [-0.05, 0) is 68.1 Å². The van der Waals surface area contributed by atoms with E-state index in [-0.39, 0.29) is 29.7 Å². The zero-order valence-electron chi connectivity index (χ0n) is 29.9. The van der Waals surface area contributed by atoms with Crippen LogP contribution in [0.3, 0.4) is 0 Å². The van der Waals surface area contributed by atoms with E-state index >= 15 is 0 Å². The van der Waals surface area contributed by atoms with Gasteiger partial charge in [-0.15, -0.1) is 0 Å². The summed E-state index contributed by atoms with van der Waals surface area (Å²) in [5, 5.41) is 25.0. The number of hydrogen-bond acceptors (Lipinski definition) is 7. The maximum absolute atomic E-state index is 14.1. The summed E-state index contributed by atoms with van der Waals surface area (Å²) >= 11 is 0. The van der Waals surface area contributed by atoms with Crippen LogP contribution in [0.1, 0.15) is 80.4 Å². The van der Waals surface area contributed by atoms with Crippen LogP contribution in [0.15, 0.2) is 53.1 Å². The first-order chi connectivity index (χ1) is 25.4. The molecule has 0 radical (unpaired) electrons. The minimum absolute atomic E-state index is 0.0602. The molecule has 1 saturated heterocycles. The Hall–Kier alpha value is -4.96. The molecule has 11 nitrogen and oxygen atoms in total. The number of nitrogens with zero attached hydrogens (tertiary/aromatic N) is 3. The first-order valence-corrected chi connectivity index (χ1v) is 17.7. The second-order valence-corrected chi connectivity index (χ2v) is 13.7. The van der Waals surface area contributed by atoms with E-state index in [1.807, 2.05) is 4.90 Å². The fourth-order valence-electron chi connectivity index (χ4n) is 6.68. The second kappa shape index (κ2) is 18.4. The van der Waals surface area contributed by atoms with Gasteiger partial charge in [0.1, 0.15) is 6.04 Å². The monoisotopic (exact) mass is 766 g/mol. The maximum Gasteiger partial charge on any atom is 0.490 e. The van der Waals surface area contributed by atoms with Gasteiger partial charge in [0.15, 0.2) is 0 Å². The first-order valence-electron chi connectivity index (χ1n) is 17.7. The number of carboxylic acid groups (broad SMARTS) is 1. The van der Waals surface area contributed by atoms with Crippen LogP contribution in [0.2, 0.25) is 0 Å². The topological polar surface area (TPSA) is 162 Å². The van der Waals surface area contributed by atoms with Crippen molar-refractivity contribution in [2.24, 2.45) is 11.8 Å². The number of aromatic nitrogens is 2. The number of rotatable bonds is 10. The lowest BCUT2D eigenvalue weighted by Gasteiger charge is -2.34. The predicted octanol–water partition coefficient (Wildman–Crippen LogP) is 6.91. The first kappa shape index (κ1) is 41.8. The van der Waals surface area contributed by atoms with Crippen molar-refractivity contribution in [3.8, 4) is 11.4 Å². The van der Waals surface area contributed by atoms with Gasteiger partial charge in [-0.3, -0.25) is 15.0 Å². The van der Waals surface area contributed by atoms with Crippen molar-refractivity contribution in [3.63, 3.8) is 0 Å². The Labute approximate surface area is 308 Å². The Morgan fingerprint density at radius 3 is 2.13 bits per heavy atom. The van der Waals surface area contributed by atoms with Crippen LogP contribution in [-0.2, 0) is 27.0 Å². The van der Waals surface area contributed by atoms with Crippen LogP contribution in [0.5, 0.6) is 0 Å². The fraction of sp³-hybridized carbons (Fsp3) is 0.514. The highest BCUT2D eigenvalue weighted by atomic mass is 19.4. The molecule has 1 aromatic heterocycles. The summed E-state index contributed by atoms with van der Waals surface area (Å²) in [6.07, 6.45) is -3.25. The van der Waals surface area contributed by atoms with Gasteiger partial charge in [0, 0.05) is 32.1 Å². The number of nitrogens with one attached hydrogen (secondary N) is 3. The summed E-state index contributed by atoms with van der Waals surface area (Å²) in [5.41, 5.74) is 0.836. The molecular weight excluding hydrogens is 722 g/mol. The smallest absolute Gasteiger partial charge is 0.475 e. The highest BCUT2D eigenvalue weighted by Gasteiger charge is 2.38. The summed E-state index contributed by atoms with van der Waals surface area (Å²) in [4.78, 5) is 43.0. The molecule has 2 heterocycles. The molecule has 2 atom stereocenters. The van der Waals surface area contributed by atoms with Gasteiger partial charge in [-0.25, -0.2) is 4.79 Å². The van der Waals surface area contributed by atoms with Crippen molar-refractivity contribution in [1.29, 1.82) is 5.41 Å². The Balaban J connectivity index is 0.000000845. The van der Waals surface area contributed by atoms with E-state index in [0.29, 0.717) is 29.7 Å². The number of carboxylic acids is 1. The molecule has 1 saturated carbocycles. The molecule has 3 aromatic rings. The third-order valence-electron chi connectivity index (χ3n) is 9.71. The van der Waals surface area contributed by atoms with E-state index in [2.05, 4.69) is 20.8 Å². The van der Waals surface area contributed by atoms with Gasteiger partial charge in [0.05, 0.1) is 17.3 Å². The van der Waals surface area contributed by atoms with Crippen LogP contribution >= 0.6 is 0 Å². The summed E-state index contributed by atoms with van der Waals surface area (Å²) < 4.78 is 78.0. The Kier molecular flexibility index (Phi) is 14.2. The van der Waals surface area contributed by atoms with E-state index in [1.165, 1.54) is 12.1 Å². The predicted molar refractivity (Wildman–Crippen MR) is 185 cm³/mol. The lowest BCUT2D eigenvalue weighted by atomic mass is 9.82. The van der Waals surface area contributed by atoms with Crippen molar-refractivity contribution in [2.75, 3.05) is 19.6 Å². The minimum atomic E-state index is -5.08. The number of aliphatic carboxylic acids is 1. The van der Waals surface area contributed by atoms with Gasteiger partial charge < -0.3 is 25.2 Å². The number of carbonyl (C=O) groups is 3. The molecule has 4 N–H and O–H groups in total. The molecule has 1 aliphatic carbocycles. The molecule has 2 aliphatic rings. The number of aryl methyl sites for hydroxylation is 1. The lowest BCUT2D eigenvalue weighted by molar-refractivity contribution is -0.192. The average Bonchev–Trinajstić information content (AvgIpc) is 3.58. The highest BCUT2D eigenvalue weighted by Crippen LogP contribution is 2.33. The zero-order valence-corrected chi connectivity index (χ0v) is 29.9. The maximum atomic E-state index is 14.1. The number of carbonyl (C=O) groups excluding carboxylic acids is 2. The number of piperidine rings is 1. The molecule has 54 heavy (non-hydrogen) atoms. The molecule has 2 fully saturated rings. The molecule has 294 valence electrons. The normalized spacial score (nSPS) is 16.8. The summed E-state index contributed by atoms with van der Waals surface area (Å²) in [5.74, 6) is -2.87. The lowest BCUT2D eigenvalue weighted by Crippen LogP contribution is -2.53. The number of alkyl halides is 6. The van der Waals surface area contributed by atoms with Crippen molar-refractivity contribution in [2.45, 2.75) is 89.5 Å². The van der Waals surface area contributed by atoms with Crippen molar-refractivity contribution >= 4 is 23.6 Å². The number of halogens is 6. The number of amides is 2. The standard InChI is InChI=1S/C35H43F3N6O3.C2HF3O2/c1-22(39)44-17-15-25(16-18-44)21-40-34(46)31(26-7-4-3-5-8-26)42-33(45)30(28-9-6-10-29(20-28)35(36,37)38)19-24-11-13-27(14-12-24)32-41-23(2)47-43-32;3-2(4,5)1(6)7/h6,9-14,20,25-26,30-31,39H,3-5,7-8,15-19,21H2,1-2H3,(H,40,46)(H,42,45);(H,6,7)/t30?,31-;/m0./s1. The Morgan fingerprint density at radius 2 is 1.59 bits per heavy atom. The molecule has 0 spiro atoms. The van der Waals surface area contributed by atoms with Gasteiger partial charge in [0.25, 0.3) is 0 Å². The fourth-order valence-corrected chi connectivity index (χ4v) is 6.68. The van der Waals surface area contributed by atoms with Crippen LogP contribution in [-0.4, -0.2) is 75.6 Å². The summed E-state index contributed by atoms with van der Waals surface area (Å²) in [7, 11) is 0. The van der Waals surface area contributed by atoms with E-state index in [1.54, 1.807) is 38.1 Å². The molecule has 1 aliphatic heterocycles. The molecule has 5 rings (SSSR count). The van der Waals surface area contributed by atoms with Crippen molar-refractivity contribution in [1.82, 2.24) is 25.7 Å². The average molecular weight is 767 g/mol. The summed E-state index contributed by atoms with van der Waals surface area (Å²) in [6.45, 7) is 5.48. The zero-order chi connectivity index (χ0) is 39.6. The van der Waals surface area contributed by atoms with Gasteiger partial charge in [0.2, 0.25) is 23.5 Å². The molecule has 1 unspecified atom stereocenters. The molecule has 17 heteroatoms. The highest BCUT2D eigenvalue weighted by molar-refractivity contribution is 5.91. The molecule has 2 aromatic carbocycles. The number of hydrogen-bond donors (Lipinski definition) is 4. The van der Waals surface area contributed by atoms with Gasteiger partial charge in [-0.1, -0.05) is 66.9 Å². The van der Waals surface area contributed by atoms with Crippen LogP contribution in [0.25, 0.3) is 11.4 Å². The SMILES string of the molecule is CC(=N)N1CCC(CNC(=O)[C@@H](NC(=O)C(Cc2ccc(-c3noc(C)n3)cc2)c2cccc(C(F)(F)F)c2)C2CCCCC2)CC1.O=C(O)C(F)(F)F. The number of amidine groups is 1. The quantitative estimate of drug-likeness (QED) is 0.0984. The van der Waals surface area contributed by atoms with Gasteiger partial charge in [-0.2, -0.15) is 31.3 Å². The number of likely N-dealkylation sites (tertiary alicyclic amines) is 1. The molecule has 2 amide bonds. The van der Waals surface area contributed by atoms with E-state index < -0.39 is 41.8 Å². The minimum Gasteiger partial charge on any atom is -0.475 e. The summed E-state index contributed by atoms with van der Waals surface area (Å²) in [6, 6.07) is 11.2. The van der Waals surface area contributed by atoms with E-state index in [9.17, 15) is 35.9 Å². The third kappa shape index (κ3) is 12.0. The van der Waals surface area contributed by atoms with E-state index in [4.69, 9.17) is 19.8 Å². The third-order valence-corrected chi connectivity index (χ3v) is 9.71. The van der Waals surface area contributed by atoms with Crippen LogP contribution < -0.4 is 10.6 Å².